The maximum absolute atomic E-state index is 11.2. The normalized spacial score (nSPS) is 11.2. The lowest BCUT2D eigenvalue weighted by molar-refractivity contribution is -0.125. The van der Waals surface area contributed by atoms with Crippen LogP contribution >= 0.6 is 0 Å². The molecule has 0 aromatic carbocycles. The van der Waals surface area contributed by atoms with Crippen LogP contribution in [0.4, 0.5) is 0 Å². The number of carbonyl (C=O) groups excluding carboxylic acids is 1. The van der Waals surface area contributed by atoms with Gasteiger partial charge < -0.3 is 5.32 Å². The zero-order chi connectivity index (χ0) is 8.91. The van der Waals surface area contributed by atoms with Gasteiger partial charge in [-0.05, 0) is 0 Å². The molecule has 2 heteroatoms. The first-order valence-electron chi connectivity index (χ1n) is 3.83. The van der Waals surface area contributed by atoms with Crippen molar-refractivity contribution in [2.75, 3.05) is 13.1 Å². The summed E-state index contributed by atoms with van der Waals surface area (Å²) in [7, 11) is 0. The Bertz CT molecular complexity index is 144. The minimum absolute atomic E-state index is 0.228. The van der Waals surface area contributed by atoms with Gasteiger partial charge in [0.25, 0.3) is 0 Å². The average molecular weight is 155 g/mol. The van der Waals surface area contributed by atoms with Gasteiger partial charge in [0.05, 0.1) is 6.54 Å². The molecule has 0 spiro atoms. The summed E-state index contributed by atoms with van der Waals surface area (Å²) in [6.07, 6.45) is 1.75. The molecule has 1 N–H and O–H groups in total. The van der Waals surface area contributed by atoms with Crippen LogP contribution in [0.5, 0.6) is 0 Å². The van der Waals surface area contributed by atoms with Gasteiger partial charge >= 0.3 is 0 Å². The minimum atomic E-state index is -0.228. The van der Waals surface area contributed by atoms with Crippen molar-refractivity contribution in [2.24, 2.45) is 5.41 Å². The summed E-state index contributed by atoms with van der Waals surface area (Å²) in [5.74, 6) is 0.236. The Morgan fingerprint density at radius 2 is 2.09 bits per heavy atom. The molecule has 0 saturated heterocycles. The second-order valence-electron chi connectivity index (χ2n) is 3.59. The highest BCUT2D eigenvalue weighted by Crippen LogP contribution is 2.13. The van der Waals surface area contributed by atoms with Gasteiger partial charge in [0, 0.05) is 12.0 Å². The number of nitrogens with one attached hydrogen (secondary N) is 1. The SMILES string of the molecule is C=CCNCC(=O)C(C)(C)C. The number of Topliss-reactive ketones (excluding diaryl/α,β-unsaturated/α-hetero) is 1. The predicted molar refractivity (Wildman–Crippen MR) is 47.5 cm³/mol. The Balaban J connectivity index is 3.62. The van der Waals surface area contributed by atoms with Crippen LogP contribution in [0.3, 0.4) is 0 Å². The smallest absolute Gasteiger partial charge is 0.151 e. The first-order chi connectivity index (χ1) is 4.98. The molecule has 0 rings (SSSR count). The summed E-state index contributed by atoms with van der Waals surface area (Å²) >= 11 is 0. The molecule has 11 heavy (non-hydrogen) atoms. The number of carbonyl (C=O) groups is 1. The fourth-order valence-corrected chi connectivity index (χ4v) is 0.553. The molecule has 64 valence electrons. The molecule has 0 unspecified atom stereocenters. The van der Waals surface area contributed by atoms with Gasteiger partial charge in [0.1, 0.15) is 0 Å². The molecule has 0 bridgehead atoms. The standard InChI is InChI=1S/C9H17NO/c1-5-6-10-7-8(11)9(2,3)4/h5,10H,1,6-7H2,2-4H3. The summed E-state index contributed by atoms with van der Waals surface area (Å²) in [5.41, 5.74) is -0.228. The van der Waals surface area contributed by atoms with Crippen LogP contribution in [-0.4, -0.2) is 18.9 Å². The lowest BCUT2D eigenvalue weighted by atomic mass is 9.91. The minimum Gasteiger partial charge on any atom is -0.307 e. The zero-order valence-electron chi connectivity index (χ0n) is 7.61. The van der Waals surface area contributed by atoms with Gasteiger partial charge in [-0.3, -0.25) is 4.79 Å². The highest BCUT2D eigenvalue weighted by Gasteiger charge is 2.19. The van der Waals surface area contributed by atoms with Crippen molar-refractivity contribution in [3.63, 3.8) is 0 Å². The Hall–Kier alpha value is -0.630. The molecular weight excluding hydrogens is 138 g/mol. The number of hydrogen-bond donors (Lipinski definition) is 1. The van der Waals surface area contributed by atoms with E-state index in [9.17, 15) is 4.79 Å². The molecular formula is C9H17NO. The van der Waals surface area contributed by atoms with Crippen LogP contribution in [0.1, 0.15) is 20.8 Å². The number of ketones is 1. The van der Waals surface area contributed by atoms with Crippen LogP contribution in [0.2, 0.25) is 0 Å². The third-order valence-electron chi connectivity index (χ3n) is 1.41. The van der Waals surface area contributed by atoms with Gasteiger partial charge in [-0.25, -0.2) is 0 Å². The molecule has 0 aliphatic heterocycles. The molecule has 0 aliphatic carbocycles. The van der Waals surface area contributed by atoms with E-state index >= 15 is 0 Å². The lowest BCUT2D eigenvalue weighted by Gasteiger charge is -2.16. The summed E-state index contributed by atoms with van der Waals surface area (Å²) in [6.45, 7) is 10.4. The Morgan fingerprint density at radius 1 is 1.55 bits per heavy atom. The Kier molecular flexibility index (Phi) is 4.04. The molecule has 0 heterocycles. The fraction of sp³-hybridized carbons (Fsp3) is 0.667. The third kappa shape index (κ3) is 4.73. The van der Waals surface area contributed by atoms with Gasteiger partial charge in [0.15, 0.2) is 5.78 Å². The van der Waals surface area contributed by atoms with Crippen LogP contribution < -0.4 is 5.32 Å². The van der Waals surface area contributed by atoms with Crippen LogP contribution in [-0.2, 0) is 4.79 Å². The van der Waals surface area contributed by atoms with E-state index in [-0.39, 0.29) is 11.2 Å². The molecule has 0 atom stereocenters. The largest absolute Gasteiger partial charge is 0.307 e. The van der Waals surface area contributed by atoms with Gasteiger partial charge in [-0.15, -0.1) is 6.58 Å². The molecule has 0 radical (unpaired) electrons. The zero-order valence-corrected chi connectivity index (χ0v) is 7.61. The van der Waals surface area contributed by atoms with Gasteiger partial charge in [0.2, 0.25) is 0 Å². The Morgan fingerprint density at radius 3 is 2.45 bits per heavy atom. The van der Waals surface area contributed by atoms with E-state index in [1.54, 1.807) is 6.08 Å². The molecule has 0 amide bonds. The van der Waals surface area contributed by atoms with Gasteiger partial charge in [-0.1, -0.05) is 26.8 Å². The average Bonchev–Trinajstić information content (AvgIpc) is 1.86. The molecule has 2 nitrogen and oxygen atoms in total. The fourth-order valence-electron chi connectivity index (χ4n) is 0.553. The monoisotopic (exact) mass is 155 g/mol. The maximum Gasteiger partial charge on any atom is 0.151 e. The van der Waals surface area contributed by atoms with Crippen molar-refractivity contribution in [3.8, 4) is 0 Å². The maximum atomic E-state index is 11.2. The lowest BCUT2D eigenvalue weighted by Crippen LogP contribution is -2.31. The first kappa shape index (κ1) is 10.4. The highest BCUT2D eigenvalue weighted by atomic mass is 16.1. The van der Waals surface area contributed by atoms with Crippen molar-refractivity contribution in [3.05, 3.63) is 12.7 Å². The molecule has 0 aromatic rings. The van der Waals surface area contributed by atoms with E-state index in [4.69, 9.17) is 0 Å². The van der Waals surface area contributed by atoms with Crippen molar-refractivity contribution in [1.29, 1.82) is 0 Å². The summed E-state index contributed by atoms with van der Waals surface area (Å²) < 4.78 is 0. The molecule has 0 aromatic heterocycles. The topological polar surface area (TPSA) is 29.1 Å². The second kappa shape index (κ2) is 4.29. The number of rotatable bonds is 4. The summed E-state index contributed by atoms with van der Waals surface area (Å²) in [5, 5.41) is 2.97. The van der Waals surface area contributed by atoms with E-state index in [1.165, 1.54) is 0 Å². The molecule has 0 saturated carbocycles. The molecule has 0 fully saturated rings. The van der Waals surface area contributed by atoms with E-state index in [2.05, 4.69) is 11.9 Å². The van der Waals surface area contributed by atoms with Crippen LogP contribution in [0, 0.1) is 5.41 Å². The molecule has 0 aliphatic rings. The quantitative estimate of drug-likeness (QED) is 0.491. The summed E-state index contributed by atoms with van der Waals surface area (Å²) in [6, 6.07) is 0. The van der Waals surface area contributed by atoms with Crippen molar-refractivity contribution in [1.82, 2.24) is 5.32 Å². The number of hydrogen-bond acceptors (Lipinski definition) is 2. The summed E-state index contributed by atoms with van der Waals surface area (Å²) in [4.78, 5) is 11.2. The first-order valence-corrected chi connectivity index (χ1v) is 3.83. The predicted octanol–water partition coefficient (Wildman–Crippen LogP) is 1.38. The van der Waals surface area contributed by atoms with Crippen LogP contribution in [0.15, 0.2) is 12.7 Å². The highest BCUT2D eigenvalue weighted by molar-refractivity contribution is 5.85. The van der Waals surface area contributed by atoms with Crippen molar-refractivity contribution < 1.29 is 4.79 Å². The second-order valence-corrected chi connectivity index (χ2v) is 3.59. The van der Waals surface area contributed by atoms with Crippen molar-refractivity contribution >= 4 is 5.78 Å². The Labute approximate surface area is 68.7 Å². The third-order valence-corrected chi connectivity index (χ3v) is 1.41. The van der Waals surface area contributed by atoms with Crippen molar-refractivity contribution in [2.45, 2.75) is 20.8 Å². The van der Waals surface area contributed by atoms with E-state index in [0.717, 1.165) is 0 Å². The van der Waals surface area contributed by atoms with E-state index < -0.39 is 0 Å². The van der Waals surface area contributed by atoms with E-state index in [1.807, 2.05) is 20.8 Å². The van der Waals surface area contributed by atoms with E-state index in [0.29, 0.717) is 13.1 Å². The van der Waals surface area contributed by atoms with Gasteiger partial charge in [-0.2, -0.15) is 0 Å². The van der Waals surface area contributed by atoms with Crippen LogP contribution in [0.25, 0.3) is 0 Å².